The van der Waals surface area contributed by atoms with Gasteiger partial charge >= 0.3 is 0 Å². The number of thiophene rings is 1. The first kappa shape index (κ1) is 20.9. The van der Waals surface area contributed by atoms with Crippen LogP contribution in [0.15, 0.2) is 34.2 Å². The first-order valence-electron chi connectivity index (χ1n) is 9.26. The number of nitrogens with zero attached hydrogens (tertiary/aromatic N) is 4. The summed E-state index contributed by atoms with van der Waals surface area (Å²) >= 11 is 8.93. The molecule has 1 aromatic carbocycles. The zero-order valence-corrected chi connectivity index (χ0v) is 19.3. The zero-order valence-electron chi connectivity index (χ0n) is 16.9. The van der Waals surface area contributed by atoms with Gasteiger partial charge < -0.3 is 14.3 Å². The average Bonchev–Trinajstić information content (AvgIpc) is 3.20. The second-order valence-corrected chi connectivity index (χ2v) is 9.82. The number of aryl methyl sites for hydroxylation is 2. The first-order valence-corrected chi connectivity index (χ1v) is 11.3. The summed E-state index contributed by atoms with van der Waals surface area (Å²) in [5.74, 6) is 2.03. The molecule has 0 spiro atoms. The van der Waals surface area contributed by atoms with Crippen molar-refractivity contribution >= 4 is 44.9 Å². The summed E-state index contributed by atoms with van der Waals surface area (Å²) in [5.41, 5.74) is 0.897. The van der Waals surface area contributed by atoms with Gasteiger partial charge in [0.05, 0.1) is 10.6 Å². The number of aromatic nitrogens is 5. The molecule has 0 aliphatic heterocycles. The number of benzene rings is 1. The molecule has 3 heterocycles. The van der Waals surface area contributed by atoms with E-state index in [2.05, 4.69) is 20.2 Å². The number of nitrogens with one attached hydrogen (secondary N) is 1. The molecule has 10 heteroatoms. The molecule has 0 radical (unpaired) electrons. The van der Waals surface area contributed by atoms with Crippen molar-refractivity contribution in [1.82, 2.24) is 24.7 Å². The van der Waals surface area contributed by atoms with Crippen LogP contribution in [-0.2, 0) is 13.7 Å². The third kappa shape index (κ3) is 4.10. The Morgan fingerprint density at radius 1 is 1.27 bits per heavy atom. The van der Waals surface area contributed by atoms with E-state index >= 15 is 0 Å². The van der Waals surface area contributed by atoms with Crippen LogP contribution in [0.1, 0.15) is 34.3 Å². The molecule has 30 heavy (non-hydrogen) atoms. The molecule has 0 amide bonds. The van der Waals surface area contributed by atoms with Crippen LogP contribution in [0.3, 0.4) is 0 Å². The van der Waals surface area contributed by atoms with Crippen LogP contribution >= 0.6 is 34.7 Å². The molecular weight excluding hydrogens is 442 g/mol. The fourth-order valence-electron chi connectivity index (χ4n) is 2.93. The van der Waals surface area contributed by atoms with Gasteiger partial charge in [-0.3, -0.25) is 4.79 Å². The highest BCUT2D eigenvalue weighted by Gasteiger charge is 2.19. The molecular formula is C20H20ClN5O2S2. The van der Waals surface area contributed by atoms with Gasteiger partial charge in [-0.15, -0.1) is 21.5 Å². The van der Waals surface area contributed by atoms with E-state index in [9.17, 15) is 4.79 Å². The number of aromatic amines is 1. The Bertz CT molecular complexity index is 1260. The minimum atomic E-state index is -0.0993. The maximum absolute atomic E-state index is 12.5. The second-order valence-electron chi connectivity index (χ2n) is 6.88. The van der Waals surface area contributed by atoms with E-state index in [0.29, 0.717) is 27.8 Å². The number of ether oxygens (including phenoxy) is 1. The van der Waals surface area contributed by atoms with Crippen molar-refractivity contribution in [3.8, 4) is 5.75 Å². The Labute approximate surface area is 186 Å². The van der Waals surface area contributed by atoms with Gasteiger partial charge in [-0.25, -0.2) is 4.98 Å². The number of hydrogen-bond acceptors (Lipinski definition) is 7. The van der Waals surface area contributed by atoms with E-state index in [-0.39, 0.29) is 17.4 Å². The van der Waals surface area contributed by atoms with Crippen molar-refractivity contribution in [2.75, 3.05) is 0 Å². The molecule has 156 valence electrons. The summed E-state index contributed by atoms with van der Waals surface area (Å²) in [6, 6.07) is 7.17. The van der Waals surface area contributed by atoms with Crippen molar-refractivity contribution in [3.63, 3.8) is 0 Å². The van der Waals surface area contributed by atoms with Gasteiger partial charge in [0.25, 0.3) is 5.56 Å². The van der Waals surface area contributed by atoms with Crippen molar-refractivity contribution in [3.05, 3.63) is 61.7 Å². The Kier molecular flexibility index (Phi) is 5.86. The molecule has 0 aliphatic carbocycles. The van der Waals surface area contributed by atoms with Gasteiger partial charge in [0.15, 0.2) is 11.0 Å². The van der Waals surface area contributed by atoms with E-state index in [0.717, 1.165) is 20.4 Å². The van der Waals surface area contributed by atoms with Gasteiger partial charge in [-0.05, 0) is 50.6 Å². The molecule has 4 rings (SSSR count). The van der Waals surface area contributed by atoms with Crippen LogP contribution < -0.4 is 10.3 Å². The molecule has 0 saturated heterocycles. The Morgan fingerprint density at radius 2 is 2.00 bits per heavy atom. The highest BCUT2D eigenvalue weighted by atomic mass is 35.5. The van der Waals surface area contributed by atoms with Crippen LogP contribution in [-0.4, -0.2) is 24.7 Å². The number of thioether (sulfide) groups is 1. The van der Waals surface area contributed by atoms with Crippen molar-refractivity contribution in [2.24, 2.45) is 7.05 Å². The van der Waals surface area contributed by atoms with Gasteiger partial charge in [-0.2, -0.15) is 0 Å². The lowest BCUT2D eigenvalue weighted by Crippen LogP contribution is -2.12. The summed E-state index contributed by atoms with van der Waals surface area (Å²) in [7, 11) is 1.89. The summed E-state index contributed by atoms with van der Waals surface area (Å²) in [4.78, 5) is 22.0. The summed E-state index contributed by atoms with van der Waals surface area (Å²) in [6.45, 7) is 6.23. The molecule has 0 bridgehead atoms. The zero-order chi connectivity index (χ0) is 21.4. The highest BCUT2D eigenvalue weighted by molar-refractivity contribution is 7.99. The number of fused-ring (bicyclic) bond motifs is 1. The van der Waals surface area contributed by atoms with Gasteiger partial charge in [-0.1, -0.05) is 23.4 Å². The van der Waals surface area contributed by atoms with Crippen molar-refractivity contribution in [1.29, 1.82) is 0 Å². The molecule has 0 saturated carbocycles. The number of H-pyrrole nitrogens is 1. The van der Waals surface area contributed by atoms with E-state index in [4.69, 9.17) is 16.3 Å². The maximum Gasteiger partial charge on any atom is 0.259 e. The largest absolute Gasteiger partial charge is 0.486 e. The molecule has 0 aliphatic rings. The van der Waals surface area contributed by atoms with Crippen LogP contribution in [0.2, 0.25) is 5.02 Å². The fourth-order valence-corrected chi connectivity index (χ4v) is 4.98. The van der Waals surface area contributed by atoms with Gasteiger partial charge in [0.1, 0.15) is 23.0 Å². The first-order chi connectivity index (χ1) is 14.3. The minimum absolute atomic E-state index is 0.0979. The monoisotopic (exact) mass is 461 g/mol. The van der Waals surface area contributed by atoms with Gasteiger partial charge in [0, 0.05) is 16.9 Å². The normalized spacial score (nSPS) is 12.4. The lowest BCUT2D eigenvalue weighted by atomic mass is 10.2. The second kappa shape index (κ2) is 8.41. The number of hydrogen-bond donors (Lipinski definition) is 1. The fraction of sp³-hybridized carbons (Fsp3) is 0.300. The lowest BCUT2D eigenvalue weighted by molar-refractivity contribution is 0.290. The van der Waals surface area contributed by atoms with Crippen LogP contribution in [0.5, 0.6) is 5.75 Å². The summed E-state index contributed by atoms with van der Waals surface area (Å²) in [5, 5.41) is 10.5. The SMILES string of the molecule is Cc1sc2nc(C(C)Sc3nnc(COc4ccc(Cl)cc4)n3C)[nH]c(=O)c2c1C. The highest BCUT2D eigenvalue weighted by Crippen LogP contribution is 2.33. The minimum Gasteiger partial charge on any atom is -0.486 e. The summed E-state index contributed by atoms with van der Waals surface area (Å²) in [6.07, 6.45) is 0. The molecule has 3 aromatic heterocycles. The van der Waals surface area contributed by atoms with Crippen LogP contribution in [0.4, 0.5) is 0 Å². The smallest absolute Gasteiger partial charge is 0.259 e. The predicted octanol–water partition coefficient (Wildman–Crippen LogP) is 4.82. The quantitative estimate of drug-likeness (QED) is 0.414. The molecule has 1 N–H and O–H groups in total. The average molecular weight is 462 g/mol. The van der Waals surface area contributed by atoms with Crippen LogP contribution in [0.25, 0.3) is 10.2 Å². The Morgan fingerprint density at radius 3 is 2.73 bits per heavy atom. The van der Waals surface area contributed by atoms with Gasteiger partial charge in [0.2, 0.25) is 0 Å². The van der Waals surface area contributed by atoms with Crippen molar-refractivity contribution < 1.29 is 4.74 Å². The summed E-state index contributed by atoms with van der Waals surface area (Å²) < 4.78 is 7.64. The molecule has 4 aromatic rings. The molecule has 1 unspecified atom stereocenters. The van der Waals surface area contributed by atoms with E-state index in [1.807, 2.05) is 44.5 Å². The molecule has 0 fully saturated rings. The predicted molar refractivity (Wildman–Crippen MR) is 121 cm³/mol. The topological polar surface area (TPSA) is 85.7 Å². The Balaban J connectivity index is 1.50. The standard InChI is InChI=1S/C20H20ClN5O2S2/c1-10-11(2)29-19-16(10)18(27)22-17(23-19)12(3)30-20-25-24-15(26(20)4)9-28-14-7-5-13(21)6-8-14/h5-8,12H,9H2,1-4H3,(H,22,23,27). The van der Waals surface area contributed by atoms with Crippen LogP contribution in [0, 0.1) is 13.8 Å². The van der Waals surface area contributed by atoms with E-state index in [1.165, 1.54) is 11.8 Å². The number of halogens is 1. The maximum atomic E-state index is 12.5. The molecule has 7 nitrogen and oxygen atoms in total. The van der Waals surface area contributed by atoms with E-state index < -0.39 is 0 Å². The third-order valence-electron chi connectivity index (χ3n) is 4.83. The number of rotatable bonds is 6. The molecule has 1 atom stereocenters. The Hall–Kier alpha value is -2.36. The van der Waals surface area contributed by atoms with E-state index in [1.54, 1.807) is 23.5 Å². The lowest BCUT2D eigenvalue weighted by Gasteiger charge is -2.10. The van der Waals surface area contributed by atoms with Crippen molar-refractivity contribution in [2.45, 2.75) is 37.8 Å². The third-order valence-corrected chi connectivity index (χ3v) is 7.33.